The number of aliphatic hydroxyl groups excluding tert-OH is 4. The van der Waals surface area contributed by atoms with Gasteiger partial charge in [0.2, 0.25) is 6.29 Å². The van der Waals surface area contributed by atoms with Crippen LogP contribution in [0.25, 0.3) is 10.9 Å². The second-order valence-corrected chi connectivity index (χ2v) is 11.0. The summed E-state index contributed by atoms with van der Waals surface area (Å²) in [5.74, 6) is -5.65. The minimum absolute atomic E-state index is 0.00901. The molecule has 1 saturated heterocycles. The molecule has 3 aliphatic rings. The summed E-state index contributed by atoms with van der Waals surface area (Å²) in [6.07, 6.45) is -7.52. The van der Waals surface area contributed by atoms with Gasteiger partial charge in [-0.1, -0.05) is 24.3 Å². The zero-order chi connectivity index (χ0) is 31.9. The Hall–Kier alpha value is -3.83. The van der Waals surface area contributed by atoms with Crippen molar-refractivity contribution in [3.63, 3.8) is 0 Å². The van der Waals surface area contributed by atoms with E-state index in [1.165, 1.54) is 6.08 Å². The second-order valence-electron chi connectivity index (χ2n) is 11.0. The molecule has 2 aromatic rings. The number of aliphatic carboxylic acids is 2. The van der Waals surface area contributed by atoms with Crippen LogP contribution in [-0.2, 0) is 45.3 Å². The van der Waals surface area contributed by atoms with Gasteiger partial charge in [-0.3, -0.25) is 10.1 Å². The van der Waals surface area contributed by atoms with Gasteiger partial charge in [-0.2, -0.15) is 0 Å². The molecular formula is C29H34N2O13. The summed E-state index contributed by atoms with van der Waals surface area (Å²) in [5.41, 5.74) is -0.859. The Bertz CT molecular complexity index is 1470. The number of carboxylic acid groups (broad SMARTS) is 2. The largest absolute Gasteiger partial charge is 0.480 e. The van der Waals surface area contributed by atoms with Crippen LogP contribution in [0.2, 0.25) is 0 Å². The molecule has 0 saturated carbocycles. The first-order chi connectivity index (χ1) is 21.0. The van der Waals surface area contributed by atoms with Gasteiger partial charge >= 0.3 is 17.9 Å². The molecule has 8 N–H and O–H groups in total. The van der Waals surface area contributed by atoms with Crippen molar-refractivity contribution in [2.45, 2.75) is 61.4 Å². The second kappa shape index (κ2) is 12.3. The van der Waals surface area contributed by atoms with Crippen molar-refractivity contribution < 1.29 is 64.0 Å². The van der Waals surface area contributed by atoms with E-state index >= 15 is 0 Å². The standard InChI is InChI=1S/C29H34N2O13/c1-3-12-15(16(25(38)41-2)11-42-26(12)44-27-22(35)21(34)20(33)19(10-32)43-27)9-29(28(39)40)23-14(8-18(31-29)24(36)37)13-6-4-5-7-17(13)30-23/h3-7,11-12,15,18-22,26-27,30-35H,1,8-10H2,2H3,(H,36,37)(H,39,40)/t12-,15+,18?,19+,20+,21-,22+,26+,27-,29+/m1/s1. The van der Waals surface area contributed by atoms with Gasteiger partial charge in [0, 0.05) is 29.2 Å². The van der Waals surface area contributed by atoms with Gasteiger partial charge in [-0.05, 0) is 18.1 Å². The minimum Gasteiger partial charge on any atom is -0.480 e. The number of carbonyl (C=O) groups excluding carboxylic acids is 1. The molecule has 1 unspecified atom stereocenters. The number of nitrogens with one attached hydrogen (secondary N) is 2. The number of aromatic nitrogens is 1. The summed E-state index contributed by atoms with van der Waals surface area (Å²) in [4.78, 5) is 41.6. The van der Waals surface area contributed by atoms with Gasteiger partial charge in [-0.15, -0.1) is 6.58 Å². The van der Waals surface area contributed by atoms with E-state index in [0.29, 0.717) is 16.5 Å². The number of fused-ring (bicyclic) bond motifs is 3. The van der Waals surface area contributed by atoms with Crippen LogP contribution in [0.1, 0.15) is 17.7 Å². The lowest BCUT2D eigenvalue weighted by Crippen LogP contribution is -2.62. The Morgan fingerprint density at radius 1 is 1.11 bits per heavy atom. The third kappa shape index (κ3) is 5.26. The average molecular weight is 619 g/mol. The molecule has 238 valence electrons. The van der Waals surface area contributed by atoms with Crippen molar-refractivity contribution in [2.24, 2.45) is 11.8 Å². The lowest BCUT2D eigenvalue weighted by Gasteiger charge is -2.45. The Balaban J connectivity index is 1.57. The number of ether oxygens (including phenoxy) is 4. The third-order valence-electron chi connectivity index (χ3n) is 8.58. The number of rotatable bonds is 9. The predicted molar refractivity (Wildman–Crippen MR) is 147 cm³/mol. The topological polar surface area (TPSA) is 237 Å². The molecule has 1 aromatic heterocycles. The molecule has 1 fully saturated rings. The van der Waals surface area contributed by atoms with Crippen molar-refractivity contribution >= 4 is 28.8 Å². The van der Waals surface area contributed by atoms with Crippen LogP contribution in [-0.4, -0.2) is 110 Å². The normalized spacial score (nSPS) is 35.2. The highest BCUT2D eigenvalue weighted by Gasteiger charge is 2.55. The van der Waals surface area contributed by atoms with E-state index in [-0.39, 0.29) is 17.7 Å². The van der Waals surface area contributed by atoms with Crippen LogP contribution in [0.5, 0.6) is 0 Å². The number of aromatic amines is 1. The van der Waals surface area contributed by atoms with Crippen LogP contribution in [0.3, 0.4) is 0 Å². The van der Waals surface area contributed by atoms with Crippen LogP contribution < -0.4 is 5.32 Å². The highest BCUT2D eigenvalue weighted by atomic mass is 16.8. The van der Waals surface area contributed by atoms with E-state index in [1.54, 1.807) is 24.3 Å². The molecule has 10 atom stereocenters. The molecule has 4 heterocycles. The monoisotopic (exact) mass is 618 g/mol. The van der Waals surface area contributed by atoms with Gasteiger partial charge in [0.05, 0.1) is 31.2 Å². The average Bonchev–Trinajstić information content (AvgIpc) is 3.40. The van der Waals surface area contributed by atoms with Gasteiger partial charge in [0.1, 0.15) is 30.5 Å². The van der Waals surface area contributed by atoms with E-state index in [0.717, 1.165) is 13.4 Å². The van der Waals surface area contributed by atoms with Gasteiger partial charge in [0.15, 0.2) is 11.8 Å². The van der Waals surface area contributed by atoms with Gasteiger partial charge in [0.25, 0.3) is 0 Å². The number of hydrogen-bond acceptors (Lipinski definition) is 12. The fourth-order valence-electron chi connectivity index (χ4n) is 6.29. The molecular weight excluding hydrogens is 584 g/mol. The zero-order valence-electron chi connectivity index (χ0n) is 23.5. The quantitative estimate of drug-likeness (QED) is 0.125. The SMILES string of the molecule is C=C[C@H]1[C@H](O[C@H]2O[C@@H](CO)[C@H](O)[C@@H](O)[C@@H]2O)OC=C(C(=O)OC)[C@H]1C[C@]1(C(=O)O)NC(C(=O)O)Cc2c1[nH]c1ccccc21. The maximum absolute atomic E-state index is 13.2. The smallest absolute Gasteiger partial charge is 0.337 e. The van der Waals surface area contributed by atoms with Crippen LogP contribution in [0.15, 0.2) is 48.8 Å². The van der Waals surface area contributed by atoms with E-state index in [4.69, 9.17) is 18.9 Å². The molecule has 0 aliphatic carbocycles. The molecule has 0 radical (unpaired) electrons. The van der Waals surface area contributed by atoms with E-state index in [1.807, 2.05) is 0 Å². The Morgan fingerprint density at radius 3 is 2.48 bits per heavy atom. The maximum Gasteiger partial charge on any atom is 0.337 e. The van der Waals surface area contributed by atoms with Crippen molar-refractivity contribution in [1.82, 2.24) is 10.3 Å². The Morgan fingerprint density at radius 2 is 1.84 bits per heavy atom. The molecule has 3 aliphatic heterocycles. The number of carbonyl (C=O) groups is 3. The number of methoxy groups -OCH3 is 1. The summed E-state index contributed by atoms with van der Waals surface area (Å²) in [6.45, 7) is 3.11. The molecule has 0 spiro atoms. The van der Waals surface area contributed by atoms with Crippen molar-refractivity contribution in [2.75, 3.05) is 13.7 Å². The number of aliphatic hydroxyl groups is 4. The molecule has 0 bridgehead atoms. The summed E-state index contributed by atoms with van der Waals surface area (Å²) >= 11 is 0. The van der Waals surface area contributed by atoms with Crippen LogP contribution in [0, 0.1) is 11.8 Å². The highest BCUT2D eigenvalue weighted by Crippen LogP contribution is 2.45. The summed E-state index contributed by atoms with van der Waals surface area (Å²) < 4.78 is 21.9. The molecule has 44 heavy (non-hydrogen) atoms. The number of carboxylic acids is 2. The molecule has 0 amide bonds. The van der Waals surface area contributed by atoms with Crippen molar-refractivity contribution in [1.29, 1.82) is 0 Å². The molecule has 5 rings (SSSR count). The number of hydrogen-bond donors (Lipinski definition) is 8. The maximum atomic E-state index is 13.2. The lowest BCUT2D eigenvalue weighted by atomic mass is 9.71. The van der Waals surface area contributed by atoms with Crippen LogP contribution in [0.4, 0.5) is 0 Å². The Labute approximate surface area is 250 Å². The minimum atomic E-state index is -2.07. The number of benzene rings is 1. The first kappa shape index (κ1) is 31.6. The Kier molecular flexibility index (Phi) is 8.82. The van der Waals surface area contributed by atoms with Gasteiger partial charge in [-0.25, -0.2) is 9.59 Å². The summed E-state index contributed by atoms with van der Waals surface area (Å²) in [7, 11) is 1.13. The number of esters is 1. The third-order valence-corrected chi connectivity index (χ3v) is 8.58. The fourth-order valence-corrected chi connectivity index (χ4v) is 6.29. The fraction of sp³-hybridized carbons (Fsp3) is 0.483. The van der Waals surface area contributed by atoms with E-state index < -0.39 is 91.3 Å². The highest BCUT2D eigenvalue weighted by molar-refractivity contribution is 5.93. The van der Waals surface area contributed by atoms with Crippen LogP contribution >= 0.6 is 0 Å². The first-order valence-electron chi connectivity index (χ1n) is 13.8. The lowest BCUT2D eigenvalue weighted by molar-refractivity contribution is -0.339. The first-order valence-corrected chi connectivity index (χ1v) is 13.8. The van der Waals surface area contributed by atoms with E-state index in [9.17, 15) is 45.0 Å². The van der Waals surface area contributed by atoms with Crippen molar-refractivity contribution in [3.05, 3.63) is 60.0 Å². The zero-order valence-corrected chi connectivity index (χ0v) is 23.5. The number of H-pyrrole nitrogens is 1. The van der Waals surface area contributed by atoms with E-state index in [2.05, 4.69) is 16.9 Å². The summed E-state index contributed by atoms with van der Waals surface area (Å²) in [5, 5.41) is 64.7. The van der Waals surface area contributed by atoms with Gasteiger partial charge < -0.3 is 54.6 Å². The molecule has 15 heteroatoms. The predicted octanol–water partition coefficient (Wildman–Crippen LogP) is -0.915. The molecule has 1 aromatic carbocycles. The summed E-state index contributed by atoms with van der Waals surface area (Å²) in [6, 6.07) is 5.70. The molecule has 15 nitrogen and oxygen atoms in total. The van der Waals surface area contributed by atoms with Crippen molar-refractivity contribution in [3.8, 4) is 0 Å². The number of para-hydroxylation sites is 1.